The second-order valence-electron chi connectivity index (χ2n) is 7.46. The smallest absolute Gasteiger partial charge is 0.288 e. The molecule has 1 aliphatic heterocycles. The minimum atomic E-state index is -0.639. The molecule has 1 aromatic carbocycles. The van der Waals surface area contributed by atoms with Gasteiger partial charge in [0.05, 0.1) is 11.0 Å². The first-order valence-corrected chi connectivity index (χ1v) is 8.69. The average Bonchev–Trinajstić information content (AvgIpc) is 2.93. The standard InChI is InChI=1S/C17H16ClN5O4/c1-17(2)6-10-13(12(24)7-17)14(20-16-15(19-10)21-27-22-16)8-3-4-9(18)11(5-8)23(25)26/h3-5,14H,6-7H2,1-2H3,(H,19,21)(H,20,22). The van der Waals surface area contributed by atoms with Crippen LogP contribution in [0, 0.1) is 15.5 Å². The van der Waals surface area contributed by atoms with Crippen molar-refractivity contribution in [3.63, 3.8) is 0 Å². The van der Waals surface area contributed by atoms with Gasteiger partial charge >= 0.3 is 0 Å². The van der Waals surface area contributed by atoms with Gasteiger partial charge in [0.15, 0.2) is 5.78 Å². The molecule has 0 bridgehead atoms. The molecule has 0 spiro atoms. The lowest BCUT2D eigenvalue weighted by Gasteiger charge is -2.33. The molecule has 2 aliphatic rings. The Kier molecular flexibility index (Phi) is 3.92. The van der Waals surface area contributed by atoms with Gasteiger partial charge in [-0.25, -0.2) is 4.63 Å². The van der Waals surface area contributed by atoms with Crippen LogP contribution < -0.4 is 10.6 Å². The van der Waals surface area contributed by atoms with Crippen LogP contribution in [-0.2, 0) is 4.79 Å². The van der Waals surface area contributed by atoms with E-state index in [0.29, 0.717) is 41.3 Å². The van der Waals surface area contributed by atoms with Gasteiger partial charge in [-0.05, 0) is 33.8 Å². The van der Waals surface area contributed by atoms with Crippen LogP contribution in [0.1, 0.15) is 38.3 Å². The Bertz CT molecular complexity index is 997. The number of hydrogen-bond acceptors (Lipinski definition) is 8. The van der Waals surface area contributed by atoms with E-state index < -0.39 is 11.0 Å². The molecule has 1 aromatic heterocycles. The predicted molar refractivity (Wildman–Crippen MR) is 97.4 cm³/mol. The van der Waals surface area contributed by atoms with Crippen LogP contribution in [-0.4, -0.2) is 21.0 Å². The fourth-order valence-electron chi connectivity index (χ4n) is 3.60. The van der Waals surface area contributed by atoms with Crippen molar-refractivity contribution in [3.05, 3.63) is 50.2 Å². The van der Waals surface area contributed by atoms with Gasteiger partial charge in [-0.3, -0.25) is 14.9 Å². The Hall–Kier alpha value is -2.94. The first kappa shape index (κ1) is 17.5. The lowest BCUT2D eigenvalue weighted by molar-refractivity contribution is -0.384. The number of nitro benzene ring substituents is 1. The summed E-state index contributed by atoms with van der Waals surface area (Å²) in [6.45, 7) is 4.03. The molecule has 0 amide bonds. The highest BCUT2D eigenvalue weighted by atomic mass is 35.5. The zero-order chi connectivity index (χ0) is 19.3. The van der Waals surface area contributed by atoms with Crippen molar-refractivity contribution in [1.82, 2.24) is 10.3 Å². The van der Waals surface area contributed by atoms with E-state index in [2.05, 4.69) is 20.9 Å². The summed E-state index contributed by atoms with van der Waals surface area (Å²) >= 11 is 5.94. The van der Waals surface area contributed by atoms with Crippen molar-refractivity contribution in [1.29, 1.82) is 0 Å². The van der Waals surface area contributed by atoms with Crippen molar-refractivity contribution in [2.75, 3.05) is 10.6 Å². The quantitative estimate of drug-likeness (QED) is 0.586. The fraction of sp³-hybridized carbons (Fsp3) is 0.353. The van der Waals surface area contributed by atoms with E-state index in [1.165, 1.54) is 12.1 Å². The number of carbonyl (C=O) groups excluding carboxylic acids is 1. The maximum atomic E-state index is 13.0. The normalized spacial score (nSPS) is 20.9. The third kappa shape index (κ3) is 3.03. The first-order chi connectivity index (χ1) is 12.7. The maximum absolute atomic E-state index is 13.0. The number of halogens is 1. The largest absolute Gasteiger partial charge is 0.353 e. The van der Waals surface area contributed by atoms with Crippen molar-refractivity contribution < 1.29 is 14.3 Å². The number of anilines is 2. The molecule has 2 heterocycles. The molecule has 10 heteroatoms. The van der Waals surface area contributed by atoms with Gasteiger partial charge in [0, 0.05) is 23.8 Å². The lowest BCUT2D eigenvalue weighted by Crippen LogP contribution is -2.31. The number of nitrogens with zero attached hydrogens (tertiary/aromatic N) is 3. The van der Waals surface area contributed by atoms with Crippen molar-refractivity contribution in [2.45, 2.75) is 32.7 Å². The topological polar surface area (TPSA) is 123 Å². The van der Waals surface area contributed by atoms with Gasteiger partial charge in [-0.1, -0.05) is 31.5 Å². The number of nitro groups is 1. The number of fused-ring (bicyclic) bond motifs is 1. The molecular formula is C17H16ClN5O4. The number of rotatable bonds is 2. The van der Waals surface area contributed by atoms with Crippen LogP contribution in [0.3, 0.4) is 0 Å². The summed E-state index contributed by atoms with van der Waals surface area (Å²) in [4.78, 5) is 23.7. The average molecular weight is 390 g/mol. The first-order valence-electron chi connectivity index (χ1n) is 8.31. The van der Waals surface area contributed by atoms with Crippen LogP contribution in [0.15, 0.2) is 34.1 Å². The van der Waals surface area contributed by atoms with Crippen LogP contribution in [0.4, 0.5) is 17.3 Å². The fourth-order valence-corrected chi connectivity index (χ4v) is 3.78. The van der Waals surface area contributed by atoms with E-state index in [1.54, 1.807) is 6.07 Å². The highest BCUT2D eigenvalue weighted by molar-refractivity contribution is 6.32. The third-order valence-corrected chi connectivity index (χ3v) is 5.07. The second kappa shape index (κ2) is 6.05. The number of ketones is 1. The molecule has 4 rings (SSSR count). The molecule has 0 saturated carbocycles. The lowest BCUT2D eigenvalue weighted by atomic mass is 9.73. The summed E-state index contributed by atoms with van der Waals surface area (Å²) in [5.74, 6) is 0.669. The van der Waals surface area contributed by atoms with Crippen LogP contribution in [0.25, 0.3) is 0 Å². The summed E-state index contributed by atoms with van der Waals surface area (Å²) in [5, 5.41) is 25.3. The van der Waals surface area contributed by atoms with E-state index in [-0.39, 0.29) is 21.9 Å². The minimum Gasteiger partial charge on any atom is -0.353 e. The van der Waals surface area contributed by atoms with Crippen molar-refractivity contribution in [2.24, 2.45) is 5.41 Å². The summed E-state index contributed by atoms with van der Waals surface area (Å²) in [5.41, 5.74) is 1.31. The predicted octanol–water partition coefficient (Wildman–Crippen LogP) is 3.85. The van der Waals surface area contributed by atoms with E-state index in [9.17, 15) is 14.9 Å². The molecule has 2 aromatic rings. The van der Waals surface area contributed by atoms with E-state index >= 15 is 0 Å². The molecule has 1 aliphatic carbocycles. The summed E-state index contributed by atoms with van der Waals surface area (Å²) in [6, 6.07) is 3.84. The molecule has 140 valence electrons. The number of hydrogen-bond donors (Lipinski definition) is 2. The Labute approximate surface area is 158 Å². The molecule has 9 nitrogen and oxygen atoms in total. The highest BCUT2D eigenvalue weighted by Crippen LogP contribution is 2.45. The van der Waals surface area contributed by atoms with E-state index in [0.717, 1.165) is 0 Å². The van der Waals surface area contributed by atoms with Gasteiger partial charge in [-0.2, -0.15) is 0 Å². The van der Waals surface area contributed by atoms with Crippen LogP contribution >= 0.6 is 11.6 Å². The molecule has 2 N–H and O–H groups in total. The molecular weight excluding hydrogens is 374 g/mol. The number of aromatic nitrogens is 2. The molecule has 1 unspecified atom stereocenters. The number of carbonyl (C=O) groups is 1. The Morgan fingerprint density at radius 2 is 2.04 bits per heavy atom. The monoisotopic (exact) mass is 389 g/mol. The zero-order valence-corrected chi connectivity index (χ0v) is 15.3. The summed E-state index contributed by atoms with van der Waals surface area (Å²) in [6.07, 6.45) is 0.991. The second-order valence-corrected chi connectivity index (χ2v) is 7.87. The Morgan fingerprint density at radius 1 is 1.30 bits per heavy atom. The Morgan fingerprint density at radius 3 is 2.78 bits per heavy atom. The van der Waals surface area contributed by atoms with Gasteiger partial charge in [-0.15, -0.1) is 0 Å². The Balaban J connectivity index is 1.89. The number of benzene rings is 1. The number of nitrogens with one attached hydrogen (secondary N) is 2. The molecule has 0 fully saturated rings. The molecule has 0 radical (unpaired) electrons. The van der Waals surface area contributed by atoms with Gasteiger partial charge in [0.25, 0.3) is 5.69 Å². The maximum Gasteiger partial charge on any atom is 0.288 e. The van der Waals surface area contributed by atoms with Gasteiger partial charge < -0.3 is 10.6 Å². The minimum absolute atomic E-state index is 0.0320. The van der Waals surface area contributed by atoms with Crippen molar-refractivity contribution >= 4 is 34.7 Å². The van der Waals surface area contributed by atoms with Crippen molar-refractivity contribution in [3.8, 4) is 0 Å². The van der Waals surface area contributed by atoms with Gasteiger partial charge in [0.2, 0.25) is 11.6 Å². The zero-order valence-electron chi connectivity index (χ0n) is 14.6. The summed E-state index contributed by atoms with van der Waals surface area (Å²) in [7, 11) is 0. The van der Waals surface area contributed by atoms with Crippen LogP contribution in [0.2, 0.25) is 5.02 Å². The SMILES string of the molecule is CC1(C)CC(=O)C2=C(C1)Nc1nonc1NC2c1ccc(Cl)c([N+](=O)[O-])c1. The molecule has 0 saturated heterocycles. The highest BCUT2D eigenvalue weighted by Gasteiger charge is 2.40. The number of allylic oxidation sites excluding steroid dienone is 1. The van der Waals surface area contributed by atoms with E-state index in [4.69, 9.17) is 16.2 Å². The third-order valence-electron chi connectivity index (χ3n) is 4.75. The number of Topliss-reactive ketones (excluding diaryl/α,β-unsaturated/α-hetero) is 1. The molecule has 27 heavy (non-hydrogen) atoms. The molecule has 1 atom stereocenters. The van der Waals surface area contributed by atoms with Crippen LogP contribution in [0.5, 0.6) is 0 Å². The summed E-state index contributed by atoms with van der Waals surface area (Å²) < 4.78 is 4.78. The van der Waals surface area contributed by atoms with E-state index in [1.807, 2.05) is 13.8 Å². The van der Waals surface area contributed by atoms with Gasteiger partial charge in [0.1, 0.15) is 5.02 Å².